The highest BCUT2D eigenvalue weighted by molar-refractivity contribution is 5.53. The third-order valence-corrected chi connectivity index (χ3v) is 1.79. The number of alkyl halides is 3. The second kappa shape index (κ2) is 5.04. The van der Waals surface area contributed by atoms with Crippen LogP contribution in [0.1, 0.15) is 5.69 Å². The average molecular weight is 267 g/mol. The van der Waals surface area contributed by atoms with Gasteiger partial charge in [0, 0.05) is 12.6 Å². The van der Waals surface area contributed by atoms with E-state index >= 15 is 0 Å². The van der Waals surface area contributed by atoms with Crippen LogP contribution in [0.5, 0.6) is 11.6 Å². The van der Waals surface area contributed by atoms with Gasteiger partial charge in [0.05, 0.1) is 17.7 Å². The fraction of sp³-hybridized carbons (Fsp3) is 0.375. The molecule has 100 valence electrons. The molecule has 0 atom stereocenters. The van der Waals surface area contributed by atoms with E-state index < -0.39 is 28.6 Å². The molecule has 0 aromatic carbocycles. The standard InChI is InChI=1S/C8H8F3N3O4/c1-17-7-6(18-8(9,10)11)5(14(15)16)2-4(3-12)13-7/h2H,3,12H2,1H3. The number of nitro groups is 1. The zero-order valence-electron chi connectivity index (χ0n) is 9.02. The molecule has 0 spiro atoms. The van der Waals surface area contributed by atoms with E-state index in [0.29, 0.717) is 0 Å². The Balaban J connectivity index is 3.39. The largest absolute Gasteiger partial charge is 0.573 e. The normalized spacial score (nSPS) is 11.2. The SMILES string of the molecule is COc1nc(CN)cc([N+](=O)[O-])c1OC(F)(F)F. The van der Waals surface area contributed by atoms with Crippen LogP contribution in [0, 0.1) is 10.1 Å². The van der Waals surface area contributed by atoms with Crippen LogP contribution in [0.4, 0.5) is 18.9 Å². The zero-order valence-corrected chi connectivity index (χ0v) is 9.02. The molecule has 0 bridgehead atoms. The molecular formula is C8H8F3N3O4. The van der Waals surface area contributed by atoms with Crippen molar-refractivity contribution in [2.45, 2.75) is 12.9 Å². The van der Waals surface area contributed by atoms with Crippen LogP contribution in [0.3, 0.4) is 0 Å². The molecular weight excluding hydrogens is 259 g/mol. The molecule has 1 aromatic heterocycles. The van der Waals surface area contributed by atoms with E-state index in [1.807, 2.05) is 0 Å². The first-order valence-electron chi connectivity index (χ1n) is 4.46. The summed E-state index contributed by atoms with van der Waals surface area (Å²) in [5.41, 5.74) is 4.31. The van der Waals surface area contributed by atoms with Crippen molar-refractivity contribution in [1.82, 2.24) is 4.98 Å². The van der Waals surface area contributed by atoms with Crippen LogP contribution < -0.4 is 15.2 Å². The van der Waals surface area contributed by atoms with Crippen molar-refractivity contribution < 1.29 is 27.6 Å². The first kappa shape index (κ1) is 14.0. The van der Waals surface area contributed by atoms with Crippen molar-refractivity contribution in [2.24, 2.45) is 5.73 Å². The molecule has 2 N–H and O–H groups in total. The lowest BCUT2D eigenvalue weighted by Crippen LogP contribution is -2.19. The minimum atomic E-state index is -5.09. The highest BCUT2D eigenvalue weighted by atomic mass is 19.4. The molecule has 0 aliphatic heterocycles. The number of nitrogens with zero attached hydrogens (tertiary/aromatic N) is 2. The third-order valence-electron chi connectivity index (χ3n) is 1.79. The van der Waals surface area contributed by atoms with Crippen LogP contribution in [0.2, 0.25) is 0 Å². The second-order valence-corrected chi connectivity index (χ2v) is 2.98. The lowest BCUT2D eigenvalue weighted by molar-refractivity contribution is -0.388. The summed E-state index contributed by atoms with van der Waals surface area (Å²) in [5.74, 6) is -1.76. The summed E-state index contributed by atoms with van der Waals surface area (Å²) in [6.07, 6.45) is -5.09. The molecule has 1 heterocycles. The highest BCUT2D eigenvalue weighted by Crippen LogP contribution is 2.39. The van der Waals surface area contributed by atoms with Gasteiger partial charge in [0.15, 0.2) is 0 Å². The Morgan fingerprint density at radius 1 is 1.56 bits per heavy atom. The maximum atomic E-state index is 12.1. The minimum absolute atomic E-state index is 0.00748. The summed E-state index contributed by atoms with van der Waals surface area (Å²) in [6, 6.07) is 0.795. The van der Waals surface area contributed by atoms with Crippen molar-refractivity contribution in [3.05, 3.63) is 21.9 Å². The Bertz CT molecular complexity index is 464. The molecule has 0 fully saturated rings. The summed E-state index contributed by atoms with van der Waals surface area (Å²) in [7, 11) is 1.01. The number of nitrogens with two attached hydrogens (primary N) is 1. The molecule has 1 aromatic rings. The predicted octanol–water partition coefficient (Wildman–Crippen LogP) is 1.36. The fourth-order valence-electron chi connectivity index (χ4n) is 1.14. The van der Waals surface area contributed by atoms with Crippen molar-refractivity contribution in [1.29, 1.82) is 0 Å². The number of ether oxygens (including phenoxy) is 2. The van der Waals surface area contributed by atoms with Crippen molar-refractivity contribution >= 4 is 5.69 Å². The number of methoxy groups -OCH3 is 1. The Kier molecular flexibility index (Phi) is 3.91. The number of rotatable bonds is 4. The zero-order chi connectivity index (χ0) is 13.9. The molecule has 0 unspecified atom stereocenters. The molecule has 7 nitrogen and oxygen atoms in total. The summed E-state index contributed by atoms with van der Waals surface area (Å²) in [4.78, 5) is 13.2. The molecule has 0 saturated heterocycles. The van der Waals surface area contributed by atoms with Crippen molar-refractivity contribution in [3.8, 4) is 11.6 Å². The average Bonchev–Trinajstić information content (AvgIpc) is 2.26. The number of hydrogen-bond acceptors (Lipinski definition) is 6. The van der Waals surface area contributed by atoms with Gasteiger partial charge in [0.25, 0.3) is 11.6 Å². The van der Waals surface area contributed by atoms with Gasteiger partial charge < -0.3 is 15.2 Å². The molecule has 0 radical (unpaired) electrons. The summed E-state index contributed by atoms with van der Waals surface area (Å²) >= 11 is 0. The molecule has 0 aliphatic rings. The Labute approximate surface area is 98.5 Å². The molecule has 0 amide bonds. The van der Waals surface area contributed by atoms with E-state index in [-0.39, 0.29) is 12.2 Å². The van der Waals surface area contributed by atoms with Gasteiger partial charge in [-0.05, 0) is 0 Å². The van der Waals surface area contributed by atoms with Gasteiger partial charge in [-0.2, -0.15) is 0 Å². The summed E-state index contributed by atoms with van der Waals surface area (Å²) < 4.78 is 44.5. The molecule has 1 rings (SSSR count). The fourth-order valence-corrected chi connectivity index (χ4v) is 1.14. The number of halogens is 3. The third kappa shape index (κ3) is 3.20. The molecule has 0 saturated carbocycles. The van der Waals surface area contributed by atoms with E-state index in [1.165, 1.54) is 0 Å². The van der Waals surface area contributed by atoms with Crippen molar-refractivity contribution in [3.63, 3.8) is 0 Å². The molecule has 18 heavy (non-hydrogen) atoms. The monoisotopic (exact) mass is 267 g/mol. The Hall–Kier alpha value is -2.10. The highest BCUT2D eigenvalue weighted by Gasteiger charge is 2.37. The number of hydrogen-bond donors (Lipinski definition) is 1. The van der Waals surface area contributed by atoms with Gasteiger partial charge in [-0.15, -0.1) is 13.2 Å². The smallest absolute Gasteiger partial charge is 0.478 e. The van der Waals surface area contributed by atoms with Crippen LogP contribution in [0.25, 0.3) is 0 Å². The van der Waals surface area contributed by atoms with E-state index in [2.05, 4.69) is 14.5 Å². The van der Waals surface area contributed by atoms with Crippen LogP contribution in [-0.2, 0) is 6.54 Å². The van der Waals surface area contributed by atoms with Gasteiger partial charge in [-0.1, -0.05) is 0 Å². The van der Waals surface area contributed by atoms with E-state index in [1.54, 1.807) is 0 Å². The molecule has 0 aliphatic carbocycles. The molecule has 10 heteroatoms. The van der Waals surface area contributed by atoms with Gasteiger partial charge in [-0.3, -0.25) is 10.1 Å². The Morgan fingerprint density at radius 3 is 2.56 bits per heavy atom. The van der Waals surface area contributed by atoms with Gasteiger partial charge >= 0.3 is 12.0 Å². The van der Waals surface area contributed by atoms with E-state index in [0.717, 1.165) is 13.2 Å². The first-order valence-corrected chi connectivity index (χ1v) is 4.46. The lowest BCUT2D eigenvalue weighted by atomic mass is 10.3. The van der Waals surface area contributed by atoms with Gasteiger partial charge in [0.1, 0.15) is 0 Å². The van der Waals surface area contributed by atoms with Crippen LogP contribution in [0.15, 0.2) is 6.07 Å². The maximum absolute atomic E-state index is 12.1. The predicted molar refractivity (Wildman–Crippen MR) is 52.0 cm³/mol. The Morgan fingerprint density at radius 2 is 2.17 bits per heavy atom. The van der Waals surface area contributed by atoms with Crippen LogP contribution in [-0.4, -0.2) is 23.4 Å². The van der Waals surface area contributed by atoms with E-state index in [9.17, 15) is 23.3 Å². The lowest BCUT2D eigenvalue weighted by Gasteiger charge is -2.12. The summed E-state index contributed by atoms with van der Waals surface area (Å²) in [6.45, 7) is -0.191. The topological polar surface area (TPSA) is 101 Å². The van der Waals surface area contributed by atoms with E-state index in [4.69, 9.17) is 5.73 Å². The number of pyridine rings is 1. The minimum Gasteiger partial charge on any atom is -0.478 e. The van der Waals surface area contributed by atoms with Crippen molar-refractivity contribution in [2.75, 3.05) is 7.11 Å². The quantitative estimate of drug-likeness (QED) is 0.652. The summed E-state index contributed by atoms with van der Waals surface area (Å²) in [5, 5.41) is 10.7. The van der Waals surface area contributed by atoms with Crippen LogP contribution >= 0.6 is 0 Å². The second-order valence-electron chi connectivity index (χ2n) is 2.98. The maximum Gasteiger partial charge on any atom is 0.573 e. The number of aromatic nitrogens is 1. The van der Waals surface area contributed by atoms with Gasteiger partial charge in [0.2, 0.25) is 0 Å². The first-order chi connectivity index (χ1) is 8.28. The van der Waals surface area contributed by atoms with Gasteiger partial charge in [-0.25, -0.2) is 4.98 Å².